The van der Waals surface area contributed by atoms with Crippen molar-refractivity contribution in [3.8, 4) is 17.2 Å². The third-order valence-corrected chi connectivity index (χ3v) is 5.70. The van der Waals surface area contributed by atoms with Gasteiger partial charge in [-0.3, -0.25) is 4.98 Å². The molecule has 0 aliphatic carbocycles. The molecule has 0 N–H and O–H groups in total. The highest BCUT2D eigenvalue weighted by molar-refractivity contribution is 6.30. The fraction of sp³-hybridized carbons (Fsp3) is 0.217. The molecule has 1 aromatic heterocycles. The molecule has 0 bridgehead atoms. The lowest BCUT2D eigenvalue weighted by Gasteiger charge is -2.38. The van der Waals surface area contributed by atoms with E-state index in [1.165, 1.54) is 0 Å². The number of pyridine rings is 1. The highest BCUT2D eigenvalue weighted by atomic mass is 35.5. The maximum absolute atomic E-state index is 6.34. The summed E-state index contributed by atoms with van der Waals surface area (Å²) in [7, 11) is 3.26. The molecule has 0 saturated heterocycles. The van der Waals surface area contributed by atoms with Crippen LogP contribution in [-0.4, -0.2) is 29.9 Å². The van der Waals surface area contributed by atoms with Crippen molar-refractivity contribution in [2.45, 2.75) is 18.7 Å². The normalized spacial score (nSPS) is 19.4. The number of halogens is 1. The summed E-state index contributed by atoms with van der Waals surface area (Å²) in [4.78, 5) is 4.13. The number of benzene rings is 2. The zero-order chi connectivity index (χ0) is 20.7. The van der Waals surface area contributed by atoms with Crippen molar-refractivity contribution < 1.29 is 14.2 Å². The molecule has 2 atom stereocenters. The summed E-state index contributed by atoms with van der Waals surface area (Å²) >= 11 is 6.30. The van der Waals surface area contributed by atoms with Gasteiger partial charge in [0.05, 0.1) is 26.0 Å². The Kier molecular flexibility index (Phi) is 4.71. The molecule has 0 spiro atoms. The maximum Gasteiger partial charge on any atom is 0.213 e. The molecule has 3 aromatic rings. The first-order chi connectivity index (χ1) is 14.7. The second kappa shape index (κ2) is 7.54. The van der Waals surface area contributed by atoms with Gasteiger partial charge in [0, 0.05) is 40.5 Å². The molecule has 30 heavy (non-hydrogen) atoms. The monoisotopic (exact) mass is 421 g/mol. The first-order valence-electron chi connectivity index (χ1n) is 9.62. The van der Waals surface area contributed by atoms with Crippen LogP contribution in [0, 0.1) is 0 Å². The summed E-state index contributed by atoms with van der Waals surface area (Å²) in [6.45, 7) is 0. The summed E-state index contributed by atoms with van der Waals surface area (Å²) in [5.41, 5.74) is 3.97. The molecule has 6 nitrogen and oxygen atoms in total. The minimum Gasteiger partial charge on any atom is -0.493 e. The van der Waals surface area contributed by atoms with Crippen LogP contribution in [0.5, 0.6) is 17.2 Å². The molecule has 2 aromatic carbocycles. The molecule has 0 unspecified atom stereocenters. The van der Waals surface area contributed by atoms with Crippen molar-refractivity contribution in [3.05, 3.63) is 82.6 Å². The van der Waals surface area contributed by atoms with Crippen molar-refractivity contribution in [2.24, 2.45) is 5.10 Å². The second-order valence-corrected chi connectivity index (χ2v) is 7.59. The van der Waals surface area contributed by atoms with Crippen molar-refractivity contribution in [1.29, 1.82) is 0 Å². The van der Waals surface area contributed by atoms with Gasteiger partial charge >= 0.3 is 0 Å². The second-order valence-electron chi connectivity index (χ2n) is 7.15. The predicted octanol–water partition coefficient (Wildman–Crippen LogP) is 4.99. The Balaban J connectivity index is 1.58. The van der Waals surface area contributed by atoms with Gasteiger partial charge in [0.15, 0.2) is 11.5 Å². The fourth-order valence-electron chi connectivity index (χ4n) is 4.00. The third-order valence-electron chi connectivity index (χ3n) is 5.46. The summed E-state index contributed by atoms with van der Waals surface area (Å²) in [6.07, 6.45) is 3.91. The first kappa shape index (κ1) is 18.8. The molecule has 7 heteroatoms. The first-order valence-corrected chi connectivity index (χ1v) is 10.00. The largest absolute Gasteiger partial charge is 0.493 e. The molecule has 2 aliphatic rings. The van der Waals surface area contributed by atoms with Crippen LogP contribution in [0.15, 0.2) is 66.0 Å². The van der Waals surface area contributed by atoms with Gasteiger partial charge in [-0.15, -0.1) is 0 Å². The zero-order valence-electron chi connectivity index (χ0n) is 16.6. The number of rotatable bonds is 4. The molecule has 152 valence electrons. The van der Waals surface area contributed by atoms with E-state index in [0.717, 1.165) is 34.6 Å². The van der Waals surface area contributed by atoms with E-state index in [4.69, 9.17) is 30.9 Å². The van der Waals surface area contributed by atoms with E-state index in [0.29, 0.717) is 16.5 Å². The maximum atomic E-state index is 6.34. The van der Waals surface area contributed by atoms with Crippen LogP contribution in [0.3, 0.4) is 0 Å². The van der Waals surface area contributed by atoms with E-state index in [2.05, 4.69) is 4.98 Å². The van der Waals surface area contributed by atoms with Gasteiger partial charge in [-0.05, 0) is 48.5 Å². The Labute approximate surface area is 179 Å². The number of fused-ring (bicyclic) bond motifs is 3. The van der Waals surface area contributed by atoms with Crippen molar-refractivity contribution in [1.82, 2.24) is 9.99 Å². The predicted molar refractivity (Wildman–Crippen MR) is 114 cm³/mol. The number of hydrogen-bond acceptors (Lipinski definition) is 6. The highest BCUT2D eigenvalue weighted by Crippen LogP contribution is 2.48. The SMILES string of the molecule is COc1ccc(C2=NN3[C@@H](c4ccncc4)Oc4ccc(Cl)cc4[C@@H]3C2)cc1OC. The Morgan fingerprint density at radius 3 is 2.57 bits per heavy atom. The topological polar surface area (TPSA) is 56.2 Å². The molecule has 5 rings (SSSR count). The molecule has 0 saturated carbocycles. The van der Waals surface area contributed by atoms with Crippen LogP contribution in [0.2, 0.25) is 5.02 Å². The van der Waals surface area contributed by atoms with E-state index in [9.17, 15) is 0 Å². The summed E-state index contributed by atoms with van der Waals surface area (Å²) in [5, 5.41) is 7.66. The van der Waals surface area contributed by atoms with Crippen molar-refractivity contribution in [3.63, 3.8) is 0 Å². The van der Waals surface area contributed by atoms with Crippen LogP contribution < -0.4 is 14.2 Å². The zero-order valence-corrected chi connectivity index (χ0v) is 17.3. The molecule has 0 fully saturated rings. The van der Waals surface area contributed by atoms with Gasteiger partial charge in [-0.1, -0.05) is 11.6 Å². The van der Waals surface area contributed by atoms with E-state index in [1.807, 2.05) is 53.5 Å². The molecule has 0 radical (unpaired) electrons. The number of methoxy groups -OCH3 is 2. The summed E-state index contributed by atoms with van der Waals surface area (Å²) in [5.74, 6) is 2.19. The number of hydrazone groups is 1. The number of ether oxygens (including phenoxy) is 3. The summed E-state index contributed by atoms with van der Waals surface area (Å²) in [6, 6.07) is 15.5. The van der Waals surface area contributed by atoms with Gasteiger partial charge in [0.1, 0.15) is 5.75 Å². The van der Waals surface area contributed by atoms with Gasteiger partial charge in [0.2, 0.25) is 6.23 Å². The highest BCUT2D eigenvalue weighted by Gasteiger charge is 2.41. The van der Waals surface area contributed by atoms with Crippen LogP contribution in [-0.2, 0) is 0 Å². The summed E-state index contributed by atoms with van der Waals surface area (Å²) < 4.78 is 17.2. The molecular formula is C23H20ClN3O3. The minimum absolute atomic E-state index is 0.0220. The Morgan fingerprint density at radius 2 is 1.80 bits per heavy atom. The Hall–Kier alpha value is -3.25. The van der Waals surface area contributed by atoms with E-state index >= 15 is 0 Å². The van der Waals surface area contributed by atoms with E-state index < -0.39 is 0 Å². The average Bonchev–Trinajstić information content (AvgIpc) is 3.24. The Morgan fingerprint density at radius 1 is 1.00 bits per heavy atom. The van der Waals surface area contributed by atoms with E-state index in [1.54, 1.807) is 26.6 Å². The van der Waals surface area contributed by atoms with Crippen molar-refractivity contribution >= 4 is 17.3 Å². The van der Waals surface area contributed by atoms with Gasteiger partial charge < -0.3 is 14.2 Å². The molecule has 0 amide bonds. The standard InChI is InChI=1S/C23H20ClN3O3/c1-28-21-5-3-15(11-22(21)29-2)18-13-19-17-12-16(24)4-6-20(17)30-23(27(19)26-18)14-7-9-25-10-8-14/h3-12,19,23H,13H2,1-2H3/t19-,23+/m0/s1. The average molecular weight is 422 g/mol. The molecular weight excluding hydrogens is 402 g/mol. The van der Waals surface area contributed by atoms with Crippen LogP contribution >= 0.6 is 11.6 Å². The molecule has 2 aliphatic heterocycles. The van der Waals surface area contributed by atoms with E-state index in [-0.39, 0.29) is 12.3 Å². The van der Waals surface area contributed by atoms with Gasteiger partial charge in [-0.2, -0.15) is 5.10 Å². The van der Waals surface area contributed by atoms with Gasteiger partial charge in [-0.25, -0.2) is 5.01 Å². The lowest BCUT2D eigenvalue weighted by Crippen LogP contribution is -2.33. The molecule has 3 heterocycles. The quantitative estimate of drug-likeness (QED) is 0.593. The lowest BCUT2D eigenvalue weighted by molar-refractivity contribution is -0.0190. The van der Waals surface area contributed by atoms with Crippen LogP contribution in [0.4, 0.5) is 0 Å². The van der Waals surface area contributed by atoms with Crippen molar-refractivity contribution in [2.75, 3.05) is 14.2 Å². The number of aromatic nitrogens is 1. The lowest BCUT2D eigenvalue weighted by atomic mass is 9.96. The fourth-order valence-corrected chi connectivity index (χ4v) is 4.18. The smallest absolute Gasteiger partial charge is 0.213 e. The third kappa shape index (κ3) is 3.13. The van der Waals surface area contributed by atoms with Crippen LogP contribution in [0.25, 0.3) is 0 Å². The number of nitrogens with zero attached hydrogens (tertiary/aromatic N) is 3. The van der Waals surface area contributed by atoms with Gasteiger partial charge in [0.25, 0.3) is 0 Å². The minimum atomic E-state index is -0.343. The Bertz CT molecular complexity index is 1120. The van der Waals surface area contributed by atoms with Crippen LogP contribution in [0.1, 0.15) is 35.4 Å². The number of hydrogen-bond donors (Lipinski definition) is 0.